The van der Waals surface area contributed by atoms with Gasteiger partial charge >= 0.3 is 0 Å². The van der Waals surface area contributed by atoms with Gasteiger partial charge in [0.2, 0.25) is 6.41 Å². The van der Waals surface area contributed by atoms with Gasteiger partial charge in [-0.25, -0.2) is 0 Å². The highest BCUT2D eigenvalue weighted by Gasteiger charge is 2.45. The van der Waals surface area contributed by atoms with Crippen LogP contribution in [0.25, 0.3) is 0 Å². The standard InChI is InChI=1S/C15H22.CH3NO/c1-4-13-9-10-15(13,5-2)14-8-6-7-12(3)11-14;2-1-3/h6-8,11,13H,4-5,9-10H2,1-3H3;1H,(H2,2,3). The zero-order valence-electron chi connectivity index (χ0n) is 11.8. The molecule has 1 saturated carbocycles. The van der Waals surface area contributed by atoms with Crippen molar-refractivity contribution in [2.75, 3.05) is 0 Å². The SMILES string of the molecule is CCC1CCC1(CC)c1cccc(C)c1.NC=O. The fourth-order valence-electron chi connectivity index (χ4n) is 3.30. The Bertz CT molecular complexity index is 382. The number of aryl methyl sites for hydroxylation is 1. The highest BCUT2D eigenvalue weighted by molar-refractivity contribution is 5.42. The number of amides is 1. The molecule has 1 aliphatic carbocycles. The van der Waals surface area contributed by atoms with Crippen LogP contribution in [0.4, 0.5) is 0 Å². The highest BCUT2D eigenvalue weighted by atomic mass is 16.1. The van der Waals surface area contributed by atoms with Crippen LogP contribution in [0, 0.1) is 12.8 Å². The van der Waals surface area contributed by atoms with E-state index in [1.54, 1.807) is 5.56 Å². The minimum Gasteiger partial charge on any atom is -0.372 e. The second kappa shape index (κ2) is 6.58. The first-order valence-corrected chi connectivity index (χ1v) is 6.87. The summed E-state index contributed by atoms with van der Waals surface area (Å²) in [5.41, 5.74) is 7.67. The molecule has 1 aromatic rings. The Morgan fingerprint density at radius 2 is 2.11 bits per heavy atom. The number of carbonyl (C=O) groups is 1. The summed E-state index contributed by atoms with van der Waals surface area (Å²) < 4.78 is 0. The topological polar surface area (TPSA) is 43.1 Å². The number of hydrogen-bond donors (Lipinski definition) is 1. The van der Waals surface area contributed by atoms with Crippen molar-refractivity contribution in [1.82, 2.24) is 0 Å². The van der Waals surface area contributed by atoms with Gasteiger partial charge in [0.05, 0.1) is 0 Å². The lowest BCUT2D eigenvalue weighted by Crippen LogP contribution is -2.43. The molecule has 2 nitrogen and oxygen atoms in total. The van der Waals surface area contributed by atoms with Crippen LogP contribution in [0.15, 0.2) is 24.3 Å². The van der Waals surface area contributed by atoms with E-state index >= 15 is 0 Å². The molecule has 2 N–H and O–H groups in total. The molecule has 0 bridgehead atoms. The van der Waals surface area contributed by atoms with Crippen molar-refractivity contribution in [2.45, 2.75) is 51.9 Å². The van der Waals surface area contributed by atoms with Gasteiger partial charge in [0.25, 0.3) is 0 Å². The van der Waals surface area contributed by atoms with Crippen LogP contribution in [0.1, 0.15) is 50.7 Å². The smallest absolute Gasteiger partial charge is 0.204 e. The van der Waals surface area contributed by atoms with E-state index in [4.69, 9.17) is 4.79 Å². The van der Waals surface area contributed by atoms with E-state index in [0.717, 1.165) is 5.92 Å². The lowest BCUT2D eigenvalue weighted by Gasteiger charge is -2.50. The van der Waals surface area contributed by atoms with E-state index in [9.17, 15) is 0 Å². The van der Waals surface area contributed by atoms with E-state index in [0.29, 0.717) is 5.41 Å². The summed E-state index contributed by atoms with van der Waals surface area (Å²) in [4.78, 5) is 8.58. The van der Waals surface area contributed by atoms with Crippen molar-refractivity contribution in [3.8, 4) is 0 Å². The summed E-state index contributed by atoms with van der Waals surface area (Å²) >= 11 is 0. The number of rotatable bonds is 3. The molecule has 0 heterocycles. The molecule has 18 heavy (non-hydrogen) atoms. The molecular formula is C16H25NO. The Labute approximate surface area is 111 Å². The molecular weight excluding hydrogens is 222 g/mol. The summed E-state index contributed by atoms with van der Waals surface area (Å²) in [6.45, 7) is 6.89. The maximum atomic E-state index is 8.58. The molecule has 0 spiro atoms. The largest absolute Gasteiger partial charge is 0.372 e. The van der Waals surface area contributed by atoms with Crippen molar-refractivity contribution in [1.29, 1.82) is 0 Å². The molecule has 1 aromatic carbocycles. The van der Waals surface area contributed by atoms with Gasteiger partial charge in [-0.05, 0) is 43.1 Å². The second-order valence-electron chi connectivity index (χ2n) is 5.16. The van der Waals surface area contributed by atoms with E-state index in [1.807, 2.05) is 0 Å². The van der Waals surface area contributed by atoms with Gasteiger partial charge in [-0.15, -0.1) is 0 Å². The van der Waals surface area contributed by atoms with Crippen LogP contribution in [-0.4, -0.2) is 6.41 Å². The third-order valence-corrected chi connectivity index (χ3v) is 4.44. The number of hydrogen-bond acceptors (Lipinski definition) is 1. The first kappa shape index (κ1) is 14.7. The highest BCUT2D eigenvalue weighted by Crippen LogP contribution is 2.52. The molecule has 1 fully saturated rings. The second-order valence-corrected chi connectivity index (χ2v) is 5.16. The summed E-state index contributed by atoms with van der Waals surface area (Å²) in [5.74, 6) is 0.921. The molecule has 2 rings (SSSR count). The van der Waals surface area contributed by atoms with Crippen molar-refractivity contribution >= 4 is 6.41 Å². The molecule has 1 amide bonds. The number of carbonyl (C=O) groups excluding carboxylic acids is 1. The minimum absolute atomic E-state index is 0.250. The van der Waals surface area contributed by atoms with Crippen molar-refractivity contribution in [3.05, 3.63) is 35.4 Å². The molecule has 100 valence electrons. The maximum absolute atomic E-state index is 8.58. The quantitative estimate of drug-likeness (QED) is 0.815. The van der Waals surface area contributed by atoms with Gasteiger partial charge < -0.3 is 5.73 Å². The molecule has 1 aliphatic rings. The average Bonchev–Trinajstić information content (AvgIpc) is 2.31. The predicted octanol–water partition coefficient (Wildman–Crippen LogP) is 3.56. The first-order chi connectivity index (χ1) is 8.64. The van der Waals surface area contributed by atoms with E-state index < -0.39 is 0 Å². The van der Waals surface area contributed by atoms with Crippen LogP contribution >= 0.6 is 0 Å². The van der Waals surface area contributed by atoms with Gasteiger partial charge in [-0.1, -0.05) is 50.1 Å². The molecule has 2 heteroatoms. The van der Waals surface area contributed by atoms with Gasteiger partial charge in [-0.3, -0.25) is 4.79 Å². The Morgan fingerprint density at radius 3 is 2.50 bits per heavy atom. The summed E-state index contributed by atoms with van der Waals surface area (Å²) in [6, 6.07) is 9.14. The lowest BCUT2D eigenvalue weighted by atomic mass is 9.54. The fourth-order valence-corrected chi connectivity index (χ4v) is 3.30. The zero-order chi connectivity index (χ0) is 13.6. The molecule has 0 radical (unpaired) electrons. The summed E-state index contributed by atoms with van der Waals surface area (Å²) in [6.07, 6.45) is 5.71. The molecule has 0 aromatic heterocycles. The van der Waals surface area contributed by atoms with Crippen LogP contribution in [0.2, 0.25) is 0 Å². The molecule has 0 saturated heterocycles. The first-order valence-electron chi connectivity index (χ1n) is 6.87. The average molecular weight is 247 g/mol. The van der Waals surface area contributed by atoms with Crippen LogP contribution in [0.3, 0.4) is 0 Å². The number of benzene rings is 1. The Morgan fingerprint density at radius 1 is 1.44 bits per heavy atom. The van der Waals surface area contributed by atoms with Crippen LogP contribution < -0.4 is 5.73 Å². The lowest BCUT2D eigenvalue weighted by molar-refractivity contribution is -0.106. The minimum atomic E-state index is 0.250. The third kappa shape index (κ3) is 2.74. The summed E-state index contributed by atoms with van der Waals surface area (Å²) in [5, 5.41) is 0. The maximum Gasteiger partial charge on any atom is 0.204 e. The fraction of sp³-hybridized carbons (Fsp3) is 0.562. The van der Waals surface area contributed by atoms with Crippen molar-refractivity contribution < 1.29 is 4.79 Å². The van der Waals surface area contributed by atoms with Gasteiger partial charge in [0.1, 0.15) is 0 Å². The van der Waals surface area contributed by atoms with E-state index in [2.05, 4.69) is 50.8 Å². The van der Waals surface area contributed by atoms with Crippen molar-refractivity contribution in [3.63, 3.8) is 0 Å². The summed E-state index contributed by atoms with van der Waals surface area (Å²) in [7, 11) is 0. The van der Waals surface area contributed by atoms with Gasteiger partial charge in [0.15, 0.2) is 0 Å². The van der Waals surface area contributed by atoms with E-state index in [-0.39, 0.29) is 6.41 Å². The number of nitrogens with two attached hydrogens (primary N) is 1. The van der Waals surface area contributed by atoms with Crippen LogP contribution in [-0.2, 0) is 10.2 Å². The Balaban J connectivity index is 0.000000492. The normalized spacial score (nSPS) is 25.6. The zero-order valence-corrected chi connectivity index (χ0v) is 11.8. The Kier molecular flexibility index (Phi) is 5.39. The van der Waals surface area contributed by atoms with Crippen LogP contribution in [0.5, 0.6) is 0 Å². The van der Waals surface area contributed by atoms with Gasteiger partial charge in [-0.2, -0.15) is 0 Å². The van der Waals surface area contributed by atoms with E-state index in [1.165, 1.54) is 31.2 Å². The Hall–Kier alpha value is -1.31. The third-order valence-electron chi connectivity index (χ3n) is 4.44. The van der Waals surface area contributed by atoms with Crippen molar-refractivity contribution in [2.24, 2.45) is 11.7 Å². The number of primary amides is 1. The monoisotopic (exact) mass is 247 g/mol. The molecule has 0 aliphatic heterocycles. The molecule has 2 atom stereocenters. The molecule has 2 unspecified atom stereocenters. The van der Waals surface area contributed by atoms with Gasteiger partial charge in [0, 0.05) is 0 Å². The predicted molar refractivity (Wildman–Crippen MR) is 76.4 cm³/mol.